The molecule has 0 radical (unpaired) electrons. The number of hydrogen-bond donors (Lipinski definition) is 0. The third-order valence-corrected chi connectivity index (χ3v) is 3.90. The van der Waals surface area contributed by atoms with E-state index in [1.54, 1.807) is 6.20 Å². The Hall–Kier alpha value is -1.21. The number of nitrogens with zero attached hydrogens (tertiary/aromatic N) is 1. The van der Waals surface area contributed by atoms with Crippen molar-refractivity contribution < 1.29 is 23.7 Å². The quantitative estimate of drug-likeness (QED) is 0.844. The summed E-state index contributed by atoms with van der Waals surface area (Å²) in [6.07, 6.45) is 1.73. The predicted octanol–water partition coefficient (Wildman–Crippen LogP) is 1.58. The van der Waals surface area contributed by atoms with Crippen molar-refractivity contribution in [2.45, 2.75) is 32.3 Å². The minimum Gasteiger partial charge on any atom is -0.488 e. The Labute approximate surface area is 124 Å². The molecule has 0 atom stereocenters. The molecule has 116 valence electrons. The number of ether oxygens (including phenoxy) is 5. The molecule has 1 spiro atoms. The molecule has 0 amide bonds. The molecule has 0 saturated carbocycles. The van der Waals surface area contributed by atoms with E-state index in [0.29, 0.717) is 33.0 Å². The van der Waals surface area contributed by atoms with Gasteiger partial charge in [-0.25, -0.2) is 0 Å². The van der Waals surface area contributed by atoms with Crippen molar-refractivity contribution in [3.63, 3.8) is 0 Å². The maximum atomic E-state index is 5.84. The molecule has 1 aromatic heterocycles. The van der Waals surface area contributed by atoms with Crippen LogP contribution in [0, 0.1) is 13.8 Å². The molecule has 6 nitrogen and oxygen atoms in total. The lowest BCUT2D eigenvalue weighted by Gasteiger charge is -2.41. The molecule has 3 heterocycles. The Bertz CT molecular complexity index is 503. The fourth-order valence-electron chi connectivity index (χ4n) is 2.34. The molecule has 1 aromatic rings. The maximum absolute atomic E-state index is 5.84. The highest BCUT2D eigenvalue weighted by atomic mass is 16.8. The van der Waals surface area contributed by atoms with Crippen LogP contribution in [0.15, 0.2) is 12.3 Å². The second-order valence-electron chi connectivity index (χ2n) is 5.63. The number of hydrogen-bond acceptors (Lipinski definition) is 6. The van der Waals surface area contributed by atoms with Crippen molar-refractivity contribution in [3.05, 3.63) is 23.5 Å². The highest BCUT2D eigenvalue weighted by Crippen LogP contribution is 2.31. The van der Waals surface area contributed by atoms with E-state index < -0.39 is 11.6 Å². The average molecular weight is 295 g/mol. The van der Waals surface area contributed by atoms with Crippen LogP contribution in [0.1, 0.15) is 18.2 Å². The van der Waals surface area contributed by atoms with Crippen LogP contribution in [0.3, 0.4) is 0 Å². The van der Waals surface area contributed by atoms with E-state index in [0.717, 1.165) is 17.0 Å². The first-order valence-corrected chi connectivity index (χ1v) is 7.13. The second-order valence-corrected chi connectivity index (χ2v) is 5.63. The van der Waals surface area contributed by atoms with E-state index in [2.05, 4.69) is 4.98 Å². The Balaban J connectivity index is 1.59. The molecular formula is C15H21NO5. The van der Waals surface area contributed by atoms with Gasteiger partial charge in [-0.2, -0.15) is 0 Å². The van der Waals surface area contributed by atoms with Gasteiger partial charge in [0.15, 0.2) is 5.79 Å². The molecule has 2 aliphatic heterocycles. The van der Waals surface area contributed by atoms with Crippen molar-refractivity contribution in [2.24, 2.45) is 0 Å². The predicted molar refractivity (Wildman–Crippen MR) is 74.2 cm³/mol. The number of aromatic nitrogens is 1. The van der Waals surface area contributed by atoms with Crippen LogP contribution in [-0.2, 0) is 18.9 Å². The van der Waals surface area contributed by atoms with Crippen molar-refractivity contribution in [2.75, 3.05) is 33.0 Å². The molecule has 2 fully saturated rings. The summed E-state index contributed by atoms with van der Waals surface area (Å²) in [5.41, 5.74) is 1.98. The molecule has 6 heteroatoms. The molecule has 0 unspecified atom stereocenters. The minimum absolute atomic E-state index is 0.299. The molecule has 0 N–H and O–H groups in total. The first-order valence-electron chi connectivity index (χ1n) is 7.13. The van der Waals surface area contributed by atoms with Crippen LogP contribution in [0.5, 0.6) is 5.75 Å². The monoisotopic (exact) mass is 295 g/mol. The minimum atomic E-state index is -0.801. The fraction of sp³-hybridized carbons (Fsp3) is 0.667. The van der Waals surface area contributed by atoms with Crippen LogP contribution in [0.25, 0.3) is 0 Å². The van der Waals surface area contributed by atoms with Crippen molar-refractivity contribution in [3.8, 4) is 5.75 Å². The number of rotatable bonds is 3. The van der Waals surface area contributed by atoms with E-state index in [1.165, 1.54) is 0 Å². The van der Waals surface area contributed by atoms with Crippen LogP contribution < -0.4 is 4.74 Å². The molecule has 0 aliphatic carbocycles. The molecule has 2 saturated heterocycles. The number of pyridine rings is 1. The highest BCUT2D eigenvalue weighted by molar-refractivity contribution is 5.33. The topological polar surface area (TPSA) is 59.0 Å². The first kappa shape index (κ1) is 14.7. The van der Waals surface area contributed by atoms with Gasteiger partial charge >= 0.3 is 0 Å². The summed E-state index contributed by atoms with van der Waals surface area (Å²) in [6.45, 7) is 7.95. The van der Waals surface area contributed by atoms with Crippen LogP contribution >= 0.6 is 0 Å². The summed E-state index contributed by atoms with van der Waals surface area (Å²) >= 11 is 0. The van der Waals surface area contributed by atoms with Gasteiger partial charge in [-0.05, 0) is 26.8 Å². The third kappa shape index (κ3) is 3.03. The smallest absolute Gasteiger partial charge is 0.216 e. The summed E-state index contributed by atoms with van der Waals surface area (Å²) in [6, 6.07) is 1.85. The molecule has 0 aromatic carbocycles. The summed E-state index contributed by atoms with van der Waals surface area (Å²) in [5, 5.41) is 0. The lowest BCUT2D eigenvalue weighted by molar-refractivity contribution is -0.360. The van der Waals surface area contributed by atoms with E-state index in [4.69, 9.17) is 23.7 Å². The normalized spacial score (nSPS) is 23.4. The second kappa shape index (κ2) is 5.53. The maximum Gasteiger partial charge on any atom is 0.216 e. The lowest BCUT2D eigenvalue weighted by atomic mass is 10.2. The van der Waals surface area contributed by atoms with Gasteiger partial charge in [-0.3, -0.25) is 4.98 Å². The van der Waals surface area contributed by atoms with Crippen LogP contribution in [0.4, 0.5) is 0 Å². The highest BCUT2D eigenvalue weighted by Gasteiger charge is 2.46. The van der Waals surface area contributed by atoms with E-state index in [-0.39, 0.29) is 0 Å². The zero-order chi connectivity index (χ0) is 14.9. The Morgan fingerprint density at radius 1 is 1.14 bits per heavy atom. The molecule has 0 bridgehead atoms. The lowest BCUT2D eigenvalue weighted by Crippen LogP contribution is -2.55. The van der Waals surface area contributed by atoms with Gasteiger partial charge in [-0.15, -0.1) is 0 Å². The van der Waals surface area contributed by atoms with Gasteiger partial charge in [-0.1, -0.05) is 0 Å². The van der Waals surface area contributed by atoms with Crippen molar-refractivity contribution in [1.29, 1.82) is 0 Å². The molecule has 2 aliphatic rings. The summed E-state index contributed by atoms with van der Waals surface area (Å²) in [5.74, 6) is -0.739. The Morgan fingerprint density at radius 2 is 1.81 bits per heavy atom. The third-order valence-electron chi connectivity index (χ3n) is 3.90. The van der Waals surface area contributed by atoms with Gasteiger partial charge in [0.25, 0.3) is 0 Å². The van der Waals surface area contributed by atoms with E-state index in [1.807, 2.05) is 26.8 Å². The van der Waals surface area contributed by atoms with E-state index in [9.17, 15) is 0 Å². The molecule has 21 heavy (non-hydrogen) atoms. The van der Waals surface area contributed by atoms with Crippen LogP contribution in [0.2, 0.25) is 0 Å². The van der Waals surface area contributed by atoms with Gasteiger partial charge in [0.1, 0.15) is 25.6 Å². The fourth-order valence-corrected chi connectivity index (χ4v) is 2.34. The van der Waals surface area contributed by atoms with Crippen molar-refractivity contribution >= 4 is 0 Å². The molecular weight excluding hydrogens is 274 g/mol. The Morgan fingerprint density at radius 3 is 2.48 bits per heavy atom. The SMILES string of the molecule is Cc1nccc(OCC2(C)OCC3(CO2)OCCO3)c1C. The molecule has 3 rings (SSSR count). The van der Waals surface area contributed by atoms with E-state index >= 15 is 0 Å². The zero-order valence-corrected chi connectivity index (χ0v) is 12.7. The first-order chi connectivity index (χ1) is 10.0. The summed E-state index contributed by atoms with van der Waals surface area (Å²) < 4.78 is 28.5. The van der Waals surface area contributed by atoms with Gasteiger partial charge in [0.2, 0.25) is 5.79 Å². The summed E-state index contributed by atoms with van der Waals surface area (Å²) in [7, 11) is 0. The van der Waals surface area contributed by atoms with Gasteiger partial charge in [0.05, 0.1) is 13.2 Å². The number of aryl methyl sites for hydroxylation is 1. The van der Waals surface area contributed by atoms with Gasteiger partial charge < -0.3 is 23.7 Å². The average Bonchev–Trinajstić information content (AvgIpc) is 2.94. The van der Waals surface area contributed by atoms with Gasteiger partial charge in [0, 0.05) is 17.5 Å². The largest absolute Gasteiger partial charge is 0.488 e. The van der Waals surface area contributed by atoms with Crippen LogP contribution in [-0.4, -0.2) is 49.6 Å². The zero-order valence-electron chi connectivity index (χ0n) is 12.7. The Kier molecular flexibility index (Phi) is 3.88. The van der Waals surface area contributed by atoms with Crippen molar-refractivity contribution in [1.82, 2.24) is 4.98 Å². The standard InChI is InChI=1S/C15H21NO5/c1-11-12(2)16-5-4-13(11)17-8-14(3)20-9-15(10-21-14)18-6-7-19-15/h4-5H,6-10H2,1-3H3. The summed E-state index contributed by atoms with van der Waals surface area (Å²) in [4.78, 5) is 4.22.